The van der Waals surface area contributed by atoms with Crippen molar-refractivity contribution in [2.45, 2.75) is 0 Å². The van der Waals surface area contributed by atoms with Crippen molar-refractivity contribution < 1.29 is 0 Å². The van der Waals surface area contributed by atoms with Gasteiger partial charge in [-0.3, -0.25) is 4.90 Å². The van der Waals surface area contributed by atoms with Crippen molar-refractivity contribution in [2.24, 2.45) is 0 Å². The van der Waals surface area contributed by atoms with Crippen molar-refractivity contribution in [1.82, 2.24) is 15.1 Å². The summed E-state index contributed by atoms with van der Waals surface area (Å²) in [5.41, 5.74) is 1.26. The van der Waals surface area contributed by atoms with Gasteiger partial charge in [0.15, 0.2) is 5.82 Å². The molecule has 0 spiro atoms. The monoisotopic (exact) mass is 358 g/mol. The molecule has 0 amide bonds. The van der Waals surface area contributed by atoms with Gasteiger partial charge < -0.3 is 4.90 Å². The van der Waals surface area contributed by atoms with Gasteiger partial charge in [-0.15, -0.1) is 10.2 Å². The number of halogens is 1. The first-order chi connectivity index (χ1) is 10.8. The summed E-state index contributed by atoms with van der Waals surface area (Å²) < 4.78 is 0.779. The van der Waals surface area contributed by atoms with Gasteiger partial charge in [0.2, 0.25) is 0 Å². The van der Waals surface area contributed by atoms with E-state index in [1.807, 2.05) is 18.2 Å². The van der Waals surface area contributed by atoms with Crippen LogP contribution in [0, 0.1) is 0 Å². The van der Waals surface area contributed by atoms with Gasteiger partial charge in [0, 0.05) is 32.7 Å². The summed E-state index contributed by atoms with van der Waals surface area (Å²) in [5, 5.41) is 8.28. The second-order valence-corrected chi connectivity index (χ2v) is 6.13. The normalized spacial score (nSPS) is 16.3. The zero-order valence-electron chi connectivity index (χ0n) is 12.4. The zero-order valence-corrected chi connectivity index (χ0v) is 14.0. The molecule has 1 fully saturated rings. The molecule has 1 aromatic carbocycles. The van der Waals surface area contributed by atoms with Crippen LogP contribution in [-0.2, 0) is 0 Å². The van der Waals surface area contributed by atoms with Gasteiger partial charge in [0.1, 0.15) is 4.60 Å². The van der Waals surface area contributed by atoms with Gasteiger partial charge in [0.25, 0.3) is 0 Å². The third-order valence-corrected chi connectivity index (χ3v) is 4.21. The second-order valence-electron chi connectivity index (χ2n) is 5.31. The van der Waals surface area contributed by atoms with Crippen LogP contribution in [0.15, 0.2) is 53.1 Å². The zero-order chi connectivity index (χ0) is 15.2. The van der Waals surface area contributed by atoms with E-state index in [1.54, 1.807) is 0 Å². The van der Waals surface area contributed by atoms with Crippen molar-refractivity contribution >= 4 is 27.8 Å². The Labute approximate surface area is 139 Å². The molecule has 0 N–H and O–H groups in total. The molecular weight excluding hydrogens is 340 g/mol. The highest BCUT2D eigenvalue weighted by Crippen LogP contribution is 2.14. The van der Waals surface area contributed by atoms with Gasteiger partial charge in [0.05, 0.1) is 0 Å². The number of anilines is 1. The van der Waals surface area contributed by atoms with Crippen LogP contribution in [0.25, 0.3) is 6.08 Å². The lowest BCUT2D eigenvalue weighted by molar-refractivity contribution is 0.283. The lowest BCUT2D eigenvalue weighted by Crippen LogP contribution is -2.46. The minimum Gasteiger partial charge on any atom is -0.353 e. The fourth-order valence-corrected chi connectivity index (χ4v) is 2.75. The highest BCUT2D eigenvalue weighted by molar-refractivity contribution is 9.10. The molecule has 0 bridgehead atoms. The smallest absolute Gasteiger partial charge is 0.151 e. The van der Waals surface area contributed by atoms with Gasteiger partial charge in [-0.1, -0.05) is 42.5 Å². The van der Waals surface area contributed by atoms with Crippen molar-refractivity contribution in [3.8, 4) is 0 Å². The Morgan fingerprint density at radius 3 is 2.41 bits per heavy atom. The molecule has 1 aliphatic rings. The molecular formula is C17H19BrN4. The number of hydrogen-bond donors (Lipinski definition) is 0. The first-order valence-electron chi connectivity index (χ1n) is 7.49. The predicted molar refractivity (Wildman–Crippen MR) is 93.9 cm³/mol. The van der Waals surface area contributed by atoms with Crippen LogP contribution in [0.2, 0.25) is 0 Å². The van der Waals surface area contributed by atoms with Crippen LogP contribution in [0.3, 0.4) is 0 Å². The fourth-order valence-electron chi connectivity index (χ4n) is 2.54. The Balaban J connectivity index is 1.47. The molecule has 4 nitrogen and oxygen atoms in total. The number of hydrogen-bond acceptors (Lipinski definition) is 4. The fraction of sp³-hybridized carbons (Fsp3) is 0.294. The number of piperazine rings is 1. The third-order valence-electron chi connectivity index (χ3n) is 3.79. The molecule has 2 heterocycles. The van der Waals surface area contributed by atoms with E-state index < -0.39 is 0 Å². The maximum atomic E-state index is 4.23. The van der Waals surface area contributed by atoms with Crippen LogP contribution in [0.1, 0.15) is 5.56 Å². The summed E-state index contributed by atoms with van der Waals surface area (Å²) in [6.07, 6.45) is 4.43. The Morgan fingerprint density at radius 1 is 0.955 bits per heavy atom. The molecule has 114 valence electrons. The standard InChI is InChI=1S/C17H19BrN4/c18-16-8-9-17(20-19-16)22-13-11-21(12-14-22)10-4-7-15-5-2-1-3-6-15/h1-9H,10-14H2/b7-4+. The van der Waals surface area contributed by atoms with Crippen LogP contribution >= 0.6 is 15.9 Å². The van der Waals surface area contributed by atoms with E-state index in [2.05, 4.69) is 72.3 Å². The Morgan fingerprint density at radius 2 is 1.73 bits per heavy atom. The van der Waals surface area contributed by atoms with E-state index in [1.165, 1.54) is 5.56 Å². The molecule has 0 saturated carbocycles. The first-order valence-corrected chi connectivity index (χ1v) is 8.29. The van der Waals surface area contributed by atoms with Crippen molar-refractivity contribution in [3.05, 3.63) is 58.7 Å². The number of nitrogens with zero attached hydrogens (tertiary/aromatic N) is 4. The molecule has 1 aromatic heterocycles. The molecule has 5 heteroatoms. The number of aromatic nitrogens is 2. The van der Waals surface area contributed by atoms with Crippen LogP contribution in [-0.4, -0.2) is 47.8 Å². The largest absolute Gasteiger partial charge is 0.353 e. The summed E-state index contributed by atoms with van der Waals surface area (Å²) in [7, 11) is 0. The SMILES string of the molecule is Brc1ccc(N2CCN(C/C=C/c3ccccc3)CC2)nn1. The average Bonchev–Trinajstić information content (AvgIpc) is 2.57. The molecule has 0 unspecified atom stereocenters. The van der Waals surface area contributed by atoms with E-state index in [9.17, 15) is 0 Å². The lowest BCUT2D eigenvalue weighted by atomic mass is 10.2. The molecule has 1 saturated heterocycles. The van der Waals surface area contributed by atoms with Gasteiger partial charge in [-0.05, 0) is 33.6 Å². The minimum atomic E-state index is 0.779. The van der Waals surface area contributed by atoms with Crippen LogP contribution in [0.4, 0.5) is 5.82 Å². The maximum absolute atomic E-state index is 4.23. The minimum absolute atomic E-state index is 0.779. The highest BCUT2D eigenvalue weighted by atomic mass is 79.9. The topological polar surface area (TPSA) is 32.3 Å². The second kappa shape index (κ2) is 7.51. The molecule has 0 atom stereocenters. The average molecular weight is 359 g/mol. The predicted octanol–water partition coefficient (Wildman–Crippen LogP) is 3.07. The molecule has 22 heavy (non-hydrogen) atoms. The Bertz CT molecular complexity index is 604. The summed E-state index contributed by atoms with van der Waals surface area (Å²) in [4.78, 5) is 4.75. The molecule has 0 radical (unpaired) electrons. The highest BCUT2D eigenvalue weighted by Gasteiger charge is 2.17. The number of benzene rings is 1. The van der Waals surface area contributed by atoms with E-state index in [-0.39, 0.29) is 0 Å². The molecule has 3 rings (SSSR count). The molecule has 2 aromatic rings. The van der Waals surface area contributed by atoms with Gasteiger partial charge >= 0.3 is 0 Å². The van der Waals surface area contributed by atoms with Gasteiger partial charge in [-0.25, -0.2) is 0 Å². The lowest BCUT2D eigenvalue weighted by Gasteiger charge is -2.34. The Kier molecular flexibility index (Phi) is 5.19. The Hall–Kier alpha value is -1.72. The summed E-state index contributed by atoms with van der Waals surface area (Å²) in [6, 6.07) is 14.4. The van der Waals surface area contributed by atoms with Crippen molar-refractivity contribution in [3.63, 3.8) is 0 Å². The van der Waals surface area contributed by atoms with Crippen LogP contribution < -0.4 is 4.90 Å². The van der Waals surface area contributed by atoms with Crippen LogP contribution in [0.5, 0.6) is 0 Å². The first kappa shape index (κ1) is 15.2. The van der Waals surface area contributed by atoms with E-state index in [4.69, 9.17) is 0 Å². The van der Waals surface area contributed by atoms with Crippen molar-refractivity contribution in [2.75, 3.05) is 37.6 Å². The van der Waals surface area contributed by atoms with Gasteiger partial charge in [-0.2, -0.15) is 0 Å². The molecule has 1 aliphatic heterocycles. The summed E-state index contributed by atoms with van der Waals surface area (Å²) in [6.45, 7) is 5.09. The van der Waals surface area contributed by atoms with E-state index >= 15 is 0 Å². The van der Waals surface area contributed by atoms with Crippen molar-refractivity contribution in [1.29, 1.82) is 0 Å². The number of rotatable bonds is 4. The quantitative estimate of drug-likeness (QED) is 0.840. The van der Waals surface area contributed by atoms with E-state index in [0.717, 1.165) is 43.1 Å². The maximum Gasteiger partial charge on any atom is 0.151 e. The summed E-state index contributed by atoms with van der Waals surface area (Å²) in [5.74, 6) is 0.961. The summed E-state index contributed by atoms with van der Waals surface area (Å²) >= 11 is 3.32. The molecule has 0 aliphatic carbocycles. The third kappa shape index (κ3) is 4.15. The van der Waals surface area contributed by atoms with E-state index in [0.29, 0.717) is 0 Å².